The first-order valence-corrected chi connectivity index (χ1v) is 7.01. The molecule has 0 saturated carbocycles. The van der Waals surface area contributed by atoms with Crippen molar-refractivity contribution < 1.29 is 24.3 Å². The molecule has 5 nitrogen and oxygen atoms in total. The van der Waals surface area contributed by atoms with E-state index in [0.717, 1.165) is 31.0 Å². The third-order valence-corrected chi connectivity index (χ3v) is 3.60. The summed E-state index contributed by atoms with van der Waals surface area (Å²) in [7, 11) is 4.90. The summed E-state index contributed by atoms with van der Waals surface area (Å²) in [5, 5.41) is 2.25. The van der Waals surface area contributed by atoms with Crippen LogP contribution in [0, 0.1) is 0 Å². The molecule has 0 aliphatic carbocycles. The van der Waals surface area contributed by atoms with Gasteiger partial charge in [-0.25, -0.2) is 0 Å². The van der Waals surface area contributed by atoms with Gasteiger partial charge >= 0.3 is 0 Å². The zero-order valence-corrected chi connectivity index (χ0v) is 12.5. The molecule has 0 spiro atoms. The molecule has 112 valence electrons. The Balaban J connectivity index is 2.02. The first kappa shape index (κ1) is 14.9. The standard InChI is InChI=1S/C15H23NO4/c1-17-13-7-6-11(14(18-2)15(13)19-3)9-16-10-12-5-4-8-20-12/h6-7,12,16H,4-5,8-10H2,1-3H3/p+1/t12-/m0/s1. The van der Waals surface area contributed by atoms with Gasteiger partial charge in [0.15, 0.2) is 11.5 Å². The SMILES string of the molecule is COc1ccc(C[NH2+]C[C@@H]2CCCO2)c(OC)c1OC. The van der Waals surface area contributed by atoms with E-state index >= 15 is 0 Å². The first-order valence-electron chi connectivity index (χ1n) is 7.01. The highest BCUT2D eigenvalue weighted by atomic mass is 16.5. The van der Waals surface area contributed by atoms with Crippen LogP contribution in [0.3, 0.4) is 0 Å². The Morgan fingerprint density at radius 1 is 1.15 bits per heavy atom. The summed E-state index contributed by atoms with van der Waals surface area (Å²) in [6, 6.07) is 3.93. The van der Waals surface area contributed by atoms with E-state index in [9.17, 15) is 0 Å². The van der Waals surface area contributed by atoms with E-state index in [0.29, 0.717) is 17.6 Å². The van der Waals surface area contributed by atoms with E-state index in [1.165, 1.54) is 12.8 Å². The fourth-order valence-corrected chi connectivity index (χ4v) is 2.58. The molecule has 1 aromatic rings. The Morgan fingerprint density at radius 3 is 2.55 bits per heavy atom. The predicted molar refractivity (Wildman–Crippen MR) is 75.6 cm³/mol. The zero-order chi connectivity index (χ0) is 14.4. The number of quaternary nitrogens is 1. The fourth-order valence-electron chi connectivity index (χ4n) is 2.58. The van der Waals surface area contributed by atoms with Crippen molar-refractivity contribution in [1.82, 2.24) is 0 Å². The molecule has 0 amide bonds. The van der Waals surface area contributed by atoms with Crippen LogP contribution >= 0.6 is 0 Å². The number of rotatable bonds is 7. The molecule has 1 atom stereocenters. The van der Waals surface area contributed by atoms with Crippen LogP contribution in [0.5, 0.6) is 17.2 Å². The van der Waals surface area contributed by atoms with Crippen LogP contribution in [0.15, 0.2) is 12.1 Å². The molecular weight excluding hydrogens is 258 g/mol. The normalized spacial score (nSPS) is 18.1. The Hall–Kier alpha value is -1.46. The maximum atomic E-state index is 5.62. The minimum absolute atomic E-state index is 0.390. The third kappa shape index (κ3) is 3.35. The minimum Gasteiger partial charge on any atom is -0.493 e. The fraction of sp³-hybridized carbons (Fsp3) is 0.600. The molecule has 5 heteroatoms. The molecule has 20 heavy (non-hydrogen) atoms. The van der Waals surface area contributed by atoms with E-state index in [1.807, 2.05) is 12.1 Å². The van der Waals surface area contributed by atoms with Gasteiger partial charge in [-0.05, 0) is 25.0 Å². The van der Waals surface area contributed by atoms with Crippen LogP contribution in [-0.2, 0) is 11.3 Å². The molecular formula is C15H24NO4+. The minimum atomic E-state index is 0.390. The van der Waals surface area contributed by atoms with E-state index in [4.69, 9.17) is 18.9 Å². The van der Waals surface area contributed by atoms with Gasteiger partial charge in [0.25, 0.3) is 0 Å². The maximum Gasteiger partial charge on any atom is 0.203 e. The Kier molecular flexibility index (Phi) is 5.49. The molecule has 2 N–H and O–H groups in total. The lowest BCUT2D eigenvalue weighted by Crippen LogP contribution is -2.84. The van der Waals surface area contributed by atoms with Gasteiger partial charge in [0.05, 0.1) is 26.9 Å². The Bertz CT molecular complexity index is 430. The van der Waals surface area contributed by atoms with Gasteiger partial charge in [-0.3, -0.25) is 0 Å². The van der Waals surface area contributed by atoms with Crippen molar-refractivity contribution in [1.29, 1.82) is 0 Å². The molecule has 1 heterocycles. The zero-order valence-electron chi connectivity index (χ0n) is 12.5. The van der Waals surface area contributed by atoms with Crippen LogP contribution in [0.1, 0.15) is 18.4 Å². The smallest absolute Gasteiger partial charge is 0.203 e. The predicted octanol–water partition coefficient (Wildman–Crippen LogP) is 0.955. The number of benzene rings is 1. The average molecular weight is 282 g/mol. The molecule has 1 fully saturated rings. The maximum absolute atomic E-state index is 5.62. The van der Waals surface area contributed by atoms with Crippen molar-refractivity contribution in [3.63, 3.8) is 0 Å². The van der Waals surface area contributed by atoms with Crippen LogP contribution in [-0.4, -0.2) is 40.6 Å². The number of ether oxygens (including phenoxy) is 4. The van der Waals surface area contributed by atoms with Crippen LogP contribution in [0.25, 0.3) is 0 Å². The molecule has 1 aromatic carbocycles. The lowest BCUT2D eigenvalue weighted by atomic mass is 10.1. The molecule has 0 radical (unpaired) electrons. The molecule has 2 rings (SSSR count). The van der Waals surface area contributed by atoms with Crippen molar-refractivity contribution in [2.75, 3.05) is 34.5 Å². The second kappa shape index (κ2) is 7.36. The number of methoxy groups -OCH3 is 3. The van der Waals surface area contributed by atoms with Gasteiger partial charge in [0.1, 0.15) is 19.2 Å². The Morgan fingerprint density at radius 2 is 1.95 bits per heavy atom. The molecule has 1 aliphatic heterocycles. The molecule has 0 aromatic heterocycles. The number of nitrogens with two attached hydrogens (primary N) is 1. The van der Waals surface area contributed by atoms with Crippen LogP contribution < -0.4 is 19.5 Å². The molecule has 0 unspecified atom stereocenters. The van der Waals surface area contributed by atoms with Crippen molar-refractivity contribution in [2.45, 2.75) is 25.5 Å². The number of hydrogen-bond acceptors (Lipinski definition) is 4. The van der Waals surface area contributed by atoms with Gasteiger partial charge in [-0.2, -0.15) is 0 Å². The monoisotopic (exact) mass is 282 g/mol. The van der Waals surface area contributed by atoms with Crippen molar-refractivity contribution >= 4 is 0 Å². The van der Waals surface area contributed by atoms with Crippen molar-refractivity contribution in [2.24, 2.45) is 0 Å². The largest absolute Gasteiger partial charge is 0.493 e. The summed E-state index contributed by atoms with van der Waals surface area (Å²) >= 11 is 0. The first-order chi connectivity index (χ1) is 9.80. The van der Waals surface area contributed by atoms with Gasteiger partial charge in [0, 0.05) is 6.61 Å². The second-order valence-electron chi connectivity index (χ2n) is 4.86. The lowest BCUT2D eigenvalue weighted by Gasteiger charge is -2.15. The molecule has 1 aliphatic rings. The van der Waals surface area contributed by atoms with Crippen molar-refractivity contribution in [3.8, 4) is 17.2 Å². The third-order valence-electron chi connectivity index (χ3n) is 3.60. The lowest BCUT2D eigenvalue weighted by molar-refractivity contribution is -0.676. The Labute approximate surface area is 120 Å². The topological polar surface area (TPSA) is 53.5 Å². The quantitative estimate of drug-likeness (QED) is 0.809. The number of hydrogen-bond donors (Lipinski definition) is 1. The summed E-state index contributed by atoms with van der Waals surface area (Å²) in [4.78, 5) is 0. The summed E-state index contributed by atoms with van der Waals surface area (Å²) in [6.07, 6.45) is 2.73. The van der Waals surface area contributed by atoms with E-state index in [-0.39, 0.29) is 0 Å². The summed E-state index contributed by atoms with van der Waals surface area (Å²) in [5.41, 5.74) is 1.10. The van der Waals surface area contributed by atoms with E-state index < -0.39 is 0 Å². The van der Waals surface area contributed by atoms with Crippen molar-refractivity contribution in [3.05, 3.63) is 17.7 Å². The highest BCUT2D eigenvalue weighted by Crippen LogP contribution is 2.39. The van der Waals surface area contributed by atoms with Gasteiger partial charge in [-0.1, -0.05) is 0 Å². The van der Waals surface area contributed by atoms with Crippen LogP contribution in [0.4, 0.5) is 0 Å². The second-order valence-corrected chi connectivity index (χ2v) is 4.86. The summed E-state index contributed by atoms with van der Waals surface area (Å²) < 4.78 is 21.8. The van der Waals surface area contributed by atoms with Gasteiger partial charge < -0.3 is 24.3 Å². The summed E-state index contributed by atoms with van der Waals surface area (Å²) in [6.45, 7) is 2.72. The average Bonchev–Trinajstić information content (AvgIpc) is 2.99. The van der Waals surface area contributed by atoms with Gasteiger partial charge in [-0.15, -0.1) is 0 Å². The summed E-state index contributed by atoms with van der Waals surface area (Å²) in [5.74, 6) is 2.08. The molecule has 1 saturated heterocycles. The highest BCUT2D eigenvalue weighted by molar-refractivity contribution is 5.55. The van der Waals surface area contributed by atoms with E-state index in [2.05, 4.69) is 5.32 Å². The van der Waals surface area contributed by atoms with Crippen LogP contribution in [0.2, 0.25) is 0 Å². The van der Waals surface area contributed by atoms with E-state index in [1.54, 1.807) is 21.3 Å². The molecule has 0 bridgehead atoms. The van der Waals surface area contributed by atoms with Gasteiger partial charge in [0.2, 0.25) is 5.75 Å². The highest BCUT2D eigenvalue weighted by Gasteiger charge is 2.19.